The second-order valence-electron chi connectivity index (χ2n) is 3.40. The number of rotatable bonds is 2. The van der Waals surface area contributed by atoms with Gasteiger partial charge in [0.1, 0.15) is 12.3 Å². The van der Waals surface area contributed by atoms with E-state index < -0.39 is 12.3 Å². The smallest absolute Gasteiger partial charge is 0.296 e. The number of nitrogens with zero attached hydrogens (tertiary/aromatic N) is 1. The van der Waals surface area contributed by atoms with E-state index in [1.54, 1.807) is 0 Å². The fourth-order valence-electron chi connectivity index (χ4n) is 1.48. The van der Waals surface area contributed by atoms with Crippen LogP contribution < -0.4 is 15.6 Å². The maximum absolute atomic E-state index is 13.3. The molecule has 0 aromatic carbocycles. The summed E-state index contributed by atoms with van der Waals surface area (Å²) in [6.07, 6.45) is 0.309. The van der Waals surface area contributed by atoms with Gasteiger partial charge in [0.25, 0.3) is 11.6 Å². The van der Waals surface area contributed by atoms with E-state index in [0.717, 1.165) is 0 Å². The number of alkyl halides is 1. The minimum Gasteiger partial charge on any atom is -0.458 e. The Morgan fingerprint density at radius 2 is 2.47 bits per heavy atom. The number of ether oxygens (including phenoxy) is 1. The van der Waals surface area contributed by atoms with Crippen LogP contribution >= 0.6 is 0 Å². The molecule has 0 saturated carbocycles. The Labute approximate surface area is 85.7 Å². The molecule has 1 aliphatic rings. The lowest BCUT2D eigenvalue weighted by Gasteiger charge is -2.26. The van der Waals surface area contributed by atoms with Crippen molar-refractivity contribution in [1.29, 1.82) is 0 Å². The maximum atomic E-state index is 13.3. The van der Waals surface area contributed by atoms with Gasteiger partial charge in [0.15, 0.2) is 0 Å². The summed E-state index contributed by atoms with van der Waals surface area (Å²) in [7, 11) is 0. The van der Waals surface area contributed by atoms with Gasteiger partial charge in [-0.1, -0.05) is 0 Å². The number of hydrogen-bond acceptors (Lipinski definition) is 4. The van der Waals surface area contributed by atoms with Crippen LogP contribution in [0.1, 0.15) is 6.42 Å². The van der Waals surface area contributed by atoms with Gasteiger partial charge in [0.2, 0.25) is 0 Å². The molecule has 15 heavy (non-hydrogen) atoms. The highest BCUT2D eigenvalue weighted by Crippen LogP contribution is 2.13. The van der Waals surface area contributed by atoms with Gasteiger partial charge in [-0.25, -0.2) is 9.37 Å². The minimum atomic E-state index is -1.07. The van der Waals surface area contributed by atoms with Crippen LogP contribution in [0.3, 0.4) is 0 Å². The third-order valence-electron chi connectivity index (χ3n) is 2.26. The number of hydrogen-bond donors (Lipinski definition) is 2. The Bertz CT molecular complexity index is 382. The van der Waals surface area contributed by atoms with E-state index in [-0.39, 0.29) is 18.1 Å². The lowest BCUT2D eigenvalue weighted by Crippen LogP contribution is -2.44. The fraction of sp³-hybridized carbons (Fsp3) is 0.556. The van der Waals surface area contributed by atoms with Gasteiger partial charge in [-0.2, -0.15) is 0 Å². The quantitative estimate of drug-likeness (QED) is 0.717. The van der Waals surface area contributed by atoms with Gasteiger partial charge in [0.05, 0.1) is 0 Å². The normalized spacial score (nSPS) is 26.2. The molecule has 82 valence electrons. The lowest BCUT2D eigenvalue weighted by molar-refractivity contribution is 0.0650. The zero-order valence-corrected chi connectivity index (χ0v) is 8.07. The van der Waals surface area contributed by atoms with Crippen LogP contribution in [0, 0.1) is 0 Å². The summed E-state index contributed by atoms with van der Waals surface area (Å²) in [5.74, 6) is 0. The van der Waals surface area contributed by atoms with Gasteiger partial charge >= 0.3 is 0 Å². The van der Waals surface area contributed by atoms with Crippen molar-refractivity contribution in [1.82, 2.24) is 15.3 Å². The van der Waals surface area contributed by atoms with Crippen molar-refractivity contribution in [2.45, 2.75) is 18.7 Å². The molecule has 0 radical (unpaired) electrons. The van der Waals surface area contributed by atoms with E-state index in [1.807, 2.05) is 0 Å². The first-order chi connectivity index (χ1) is 7.25. The van der Waals surface area contributed by atoms with Crippen LogP contribution in [0.25, 0.3) is 0 Å². The Kier molecular flexibility index (Phi) is 2.96. The summed E-state index contributed by atoms with van der Waals surface area (Å²) in [5, 5.41) is 2.91. The van der Waals surface area contributed by atoms with Crippen LogP contribution in [0.15, 0.2) is 17.1 Å². The molecule has 2 heterocycles. The van der Waals surface area contributed by atoms with Crippen molar-refractivity contribution in [3.8, 4) is 6.01 Å². The van der Waals surface area contributed by atoms with E-state index in [1.165, 1.54) is 12.3 Å². The molecule has 0 amide bonds. The monoisotopic (exact) mass is 213 g/mol. The summed E-state index contributed by atoms with van der Waals surface area (Å²) < 4.78 is 18.6. The average Bonchev–Trinajstić information content (AvgIpc) is 2.22. The molecule has 2 rings (SSSR count). The first-order valence-corrected chi connectivity index (χ1v) is 4.82. The molecule has 1 aliphatic heterocycles. The molecule has 0 spiro atoms. The average molecular weight is 213 g/mol. The summed E-state index contributed by atoms with van der Waals surface area (Å²) in [4.78, 5) is 17.1. The van der Waals surface area contributed by atoms with E-state index in [9.17, 15) is 9.18 Å². The van der Waals surface area contributed by atoms with Gasteiger partial charge < -0.3 is 10.1 Å². The SMILES string of the molecule is O=c1ccnc(O[C@@H]2CCNC[C@@H]2F)[nH]1. The van der Waals surface area contributed by atoms with Crippen LogP contribution in [0.5, 0.6) is 6.01 Å². The minimum absolute atomic E-state index is 0.0806. The second kappa shape index (κ2) is 4.39. The first kappa shape index (κ1) is 10.1. The number of nitrogens with one attached hydrogen (secondary N) is 2. The largest absolute Gasteiger partial charge is 0.458 e. The van der Waals surface area contributed by atoms with Gasteiger partial charge in [-0.3, -0.25) is 9.78 Å². The Morgan fingerprint density at radius 3 is 3.20 bits per heavy atom. The molecule has 1 fully saturated rings. The van der Waals surface area contributed by atoms with Crippen LogP contribution in [-0.2, 0) is 0 Å². The summed E-state index contributed by atoms with van der Waals surface area (Å²) >= 11 is 0. The molecular weight excluding hydrogens is 201 g/mol. The molecule has 0 aliphatic carbocycles. The van der Waals surface area contributed by atoms with E-state index in [2.05, 4.69) is 15.3 Å². The third kappa shape index (κ3) is 2.53. The van der Waals surface area contributed by atoms with Gasteiger partial charge in [-0.05, 0) is 13.0 Å². The van der Waals surface area contributed by atoms with Crippen molar-refractivity contribution in [2.24, 2.45) is 0 Å². The zero-order valence-electron chi connectivity index (χ0n) is 8.07. The second-order valence-corrected chi connectivity index (χ2v) is 3.40. The van der Waals surface area contributed by atoms with Gasteiger partial charge in [0, 0.05) is 18.8 Å². The molecule has 6 heteroatoms. The molecule has 0 unspecified atom stereocenters. The number of aromatic nitrogens is 2. The summed E-state index contributed by atoms with van der Waals surface area (Å²) in [5.41, 5.74) is -0.302. The Balaban J connectivity index is 2.04. The number of H-pyrrole nitrogens is 1. The molecule has 2 N–H and O–H groups in total. The zero-order chi connectivity index (χ0) is 10.7. The molecule has 2 atom stereocenters. The van der Waals surface area contributed by atoms with Crippen molar-refractivity contribution >= 4 is 0 Å². The van der Waals surface area contributed by atoms with Crippen LogP contribution in [0.2, 0.25) is 0 Å². The molecular formula is C9H12FN3O2. The number of piperidine rings is 1. The van der Waals surface area contributed by atoms with Crippen LogP contribution in [0.4, 0.5) is 4.39 Å². The predicted molar refractivity (Wildman–Crippen MR) is 51.7 cm³/mol. The standard InChI is InChI=1S/C9H12FN3O2/c10-6-5-11-3-1-7(6)15-9-12-4-2-8(14)13-9/h2,4,6-7,11H,1,3,5H2,(H,12,13,14)/t6-,7+/m0/s1. The molecule has 0 bridgehead atoms. The Morgan fingerprint density at radius 1 is 1.60 bits per heavy atom. The van der Waals surface area contributed by atoms with Gasteiger partial charge in [-0.15, -0.1) is 0 Å². The van der Waals surface area contributed by atoms with E-state index >= 15 is 0 Å². The fourth-order valence-corrected chi connectivity index (χ4v) is 1.48. The van der Waals surface area contributed by atoms with E-state index in [0.29, 0.717) is 13.0 Å². The number of halogens is 1. The predicted octanol–water partition coefficient (Wildman–Crippen LogP) is -0.151. The molecule has 5 nitrogen and oxygen atoms in total. The molecule has 1 aromatic heterocycles. The van der Waals surface area contributed by atoms with Crippen LogP contribution in [-0.4, -0.2) is 35.3 Å². The molecule has 1 saturated heterocycles. The summed E-state index contributed by atoms with van der Waals surface area (Å²) in [6, 6.07) is 1.36. The van der Waals surface area contributed by atoms with Crippen molar-refractivity contribution in [3.05, 3.63) is 22.6 Å². The third-order valence-corrected chi connectivity index (χ3v) is 2.26. The highest BCUT2D eigenvalue weighted by atomic mass is 19.1. The maximum Gasteiger partial charge on any atom is 0.296 e. The first-order valence-electron chi connectivity index (χ1n) is 4.82. The summed E-state index contributed by atoms with van der Waals surface area (Å²) in [6.45, 7) is 0.990. The number of aromatic amines is 1. The van der Waals surface area contributed by atoms with Crippen molar-refractivity contribution in [3.63, 3.8) is 0 Å². The van der Waals surface area contributed by atoms with Crippen molar-refractivity contribution < 1.29 is 9.13 Å². The van der Waals surface area contributed by atoms with E-state index in [4.69, 9.17) is 4.74 Å². The molecule has 1 aromatic rings. The lowest BCUT2D eigenvalue weighted by atomic mass is 10.1. The Hall–Kier alpha value is -1.43. The highest BCUT2D eigenvalue weighted by Gasteiger charge is 2.26. The topological polar surface area (TPSA) is 67.0 Å². The highest BCUT2D eigenvalue weighted by molar-refractivity contribution is 4.96. The van der Waals surface area contributed by atoms with Crippen molar-refractivity contribution in [2.75, 3.05) is 13.1 Å².